The standard InChI is InChI=1S/C12H13F5N2OS/c13-10(14)6-19(3-4-20)7-1-2-9(12(15,16)17)8(5-7)11(18)21/h1-2,5,10,20H,3-4,6H2,(H2,18,21). The molecule has 0 saturated heterocycles. The van der Waals surface area contributed by atoms with E-state index in [1.54, 1.807) is 0 Å². The summed E-state index contributed by atoms with van der Waals surface area (Å²) in [5.41, 5.74) is 3.89. The summed E-state index contributed by atoms with van der Waals surface area (Å²) in [6.45, 7) is -1.29. The van der Waals surface area contributed by atoms with Crippen LogP contribution in [-0.4, -0.2) is 36.2 Å². The highest BCUT2D eigenvalue weighted by atomic mass is 32.1. The summed E-state index contributed by atoms with van der Waals surface area (Å²) >= 11 is 4.58. The number of thiocarbonyl (C=S) groups is 1. The van der Waals surface area contributed by atoms with Crippen molar-refractivity contribution in [3.05, 3.63) is 29.3 Å². The van der Waals surface area contributed by atoms with Gasteiger partial charge in [-0.05, 0) is 18.2 Å². The summed E-state index contributed by atoms with van der Waals surface area (Å²) in [6.07, 6.45) is -7.35. The minimum atomic E-state index is -4.65. The molecule has 1 aromatic rings. The first-order valence-electron chi connectivity index (χ1n) is 5.81. The molecule has 0 saturated carbocycles. The number of anilines is 1. The molecule has 3 N–H and O–H groups in total. The van der Waals surface area contributed by atoms with E-state index in [1.807, 2.05) is 0 Å². The molecule has 118 valence electrons. The Morgan fingerprint density at radius 3 is 2.38 bits per heavy atom. The summed E-state index contributed by atoms with van der Waals surface area (Å²) in [7, 11) is 0. The van der Waals surface area contributed by atoms with Crippen LogP contribution in [0.1, 0.15) is 11.1 Å². The van der Waals surface area contributed by atoms with Crippen LogP contribution < -0.4 is 10.6 Å². The maximum absolute atomic E-state index is 12.8. The molecule has 1 rings (SSSR count). The molecule has 21 heavy (non-hydrogen) atoms. The van der Waals surface area contributed by atoms with Crippen LogP contribution in [0.25, 0.3) is 0 Å². The highest BCUT2D eigenvalue weighted by molar-refractivity contribution is 7.80. The average Bonchev–Trinajstić information content (AvgIpc) is 2.36. The smallest absolute Gasteiger partial charge is 0.395 e. The minimum absolute atomic E-state index is 0.0835. The van der Waals surface area contributed by atoms with E-state index in [1.165, 1.54) is 0 Å². The molecule has 0 radical (unpaired) electrons. The average molecular weight is 328 g/mol. The fourth-order valence-electron chi connectivity index (χ4n) is 1.79. The van der Waals surface area contributed by atoms with Crippen LogP contribution >= 0.6 is 12.2 Å². The Hall–Kier alpha value is -1.48. The summed E-state index contributed by atoms with van der Waals surface area (Å²) < 4.78 is 63.4. The highest BCUT2D eigenvalue weighted by Gasteiger charge is 2.34. The predicted molar refractivity (Wildman–Crippen MR) is 72.6 cm³/mol. The van der Waals surface area contributed by atoms with Crippen molar-refractivity contribution < 1.29 is 27.1 Å². The third-order valence-corrected chi connectivity index (χ3v) is 2.89. The van der Waals surface area contributed by atoms with Gasteiger partial charge in [-0.25, -0.2) is 8.78 Å². The molecule has 0 amide bonds. The van der Waals surface area contributed by atoms with Gasteiger partial charge in [0, 0.05) is 17.8 Å². The van der Waals surface area contributed by atoms with Crippen molar-refractivity contribution in [3.8, 4) is 0 Å². The molecule has 0 heterocycles. The molecule has 0 aliphatic rings. The molecule has 0 unspecified atom stereocenters. The fourth-order valence-corrected chi connectivity index (χ4v) is 1.96. The first-order chi connectivity index (χ1) is 9.66. The van der Waals surface area contributed by atoms with Gasteiger partial charge in [0.1, 0.15) is 4.99 Å². The van der Waals surface area contributed by atoms with Gasteiger partial charge in [-0.1, -0.05) is 12.2 Å². The zero-order chi connectivity index (χ0) is 16.2. The summed E-state index contributed by atoms with van der Waals surface area (Å²) in [5.74, 6) is 0. The molecular formula is C12H13F5N2OS. The Morgan fingerprint density at radius 1 is 1.33 bits per heavy atom. The van der Waals surface area contributed by atoms with Crippen molar-refractivity contribution >= 4 is 22.9 Å². The van der Waals surface area contributed by atoms with Crippen molar-refractivity contribution in [1.29, 1.82) is 0 Å². The molecule has 0 aliphatic heterocycles. The molecule has 0 spiro atoms. The normalized spacial score (nSPS) is 11.8. The van der Waals surface area contributed by atoms with E-state index in [2.05, 4.69) is 12.2 Å². The number of aliphatic hydroxyl groups is 1. The second-order valence-corrected chi connectivity index (χ2v) is 4.59. The Labute approximate surface area is 123 Å². The van der Waals surface area contributed by atoms with E-state index in [0.29, 0.717) is 0 Å². The van der Waals surface area contributed by atoms with E-state index >= 15 is 0 Å². The van der Waals surface area contributed by atoms with Crippen molar-refractivity contribution in [3.63, 3.8) is 0 Å². The van der Waals surface area contributed by atoms with Crippen LogP contribution in [0, 0.1) is 0 Å². The Bertz CT molecular complexity index is 507. The van der Waals surface area contributed by atoms with Crippen LogP contribution in [0.4, 0.5) is 27.6 Å². The number of nitrogens with two attached hydrogens (primary N) is 1. The Kier molecular flexibility index (Phi) is 5.85. The predicted octanol–water partition coefficient (Wildman–Crippen LogP) is 2.40. The molecule has 0 fully saturated rings. The molecule has 1 aromatic carbocycles. The zero-order valence-corrected chi connectivity index (χ0v) is 11.5. The van der Waals surface area contributed by atoms with Crippen molar-refractivity contribution in [1.82, 2.24) is 0 Å². The van der Waals surface area contributed by atoms with Crippen LogP contribution in [0.15, 0.2) is 18.2 Å². The van der Waals surface area contributed by atoms with Gasteiger partial charge in [-0.2, -0.15) is 13.2 Å². The first kappa shape index (κ1) is 17.6. The summed E-state index contributed by atoms with van der Waals surface area (Å²) in [6, 6.07) is 2.78. The monoisotopic (exact) mass is 328 g/mol. The lowest BCUT2D eigenvalue weighted by atomic mass is 10.1. The minimum Gasteiger partial charge on any atom is -0.395 e. The third kappa shape index (κ3) is 4.78. The van der Waals surface area contributed by atoms with Gasteiger partial charge in [0.05, 0.1) is 18.7 Å². The number of aliphatic hydroxyl groups excluding tert-OH is 1. The lowest BCUT2D eigenvalue weighted by Gasteiger charge is -2.25. The largest absolute Gasteiger partial charge is 0.417 e. The quantitative estimate of drug-likeness (QED) is 0.622. The number of hydrogen-bond acceptors (Lipinski definition) is 3. The van der Waals surface area contributed by atoms with Crippen LogP contribution in [-0.2, 0) is 6.18 Å². The maximum atomic E-state index is 12.8. The second-order valence-electron chi connectivity index (χ2n) is 4.15. The van der Waals surface area contributed by atoms with Gasteiger partial charge in [0.2, 0.25) is 0 Å². The highest BCUT2D eigenvalue weighted by Crippen LogP contribution is 2.34. The van der Waals surface area contributed by atoms with Gasteiger partial charge in [0.15, 0.2) is 0 Å². The summed E-state index contributed by atoms with van der Waals surface area (Å²) in [4.78, 5) is 0.581. The van der Waals surface area contributed by atoms with Crippen LogP contribution in [0.5, 0.6) is 0 Å². The maximum Gasteiger partial charge on any atom is 0.417 e. The first-order valence-corrected chi connectivity index (χ1v) is 6.22. The van der Waals surface area contributed by atoms with Gasteiger partial charge >= 0.3 is 6.18 Å². The van der Waals surface area contributed by atoms with Crippen LogP contribution in [0.2, 0.25) is 0 Å². The molecule has 0 bridgehead atoms. The van der Waals surface area contributed by atoms with E-state index in [9.17, 15) is 22.0 Å². The van der Waals surface area contributed by atoms with E-state index < -0.39 is 41.9 Å². The number of halogens is 5. The van der Waals surface area contributed by atoms with Crippen LogP contribution in [0.3, 0.4) is 0 Å². The number of hydrogen-bond donors (Lipinski definition) is 2. The fraction of sp³-hybridized carbons (Fsp3) is 0.417. The second kappa shape index (κ2) is 6.99. The lowest BCUT2D eigenvalue weighted by molar-refractivity contribution is -0.137. The van der Waals surface area contributed by atoms with Gasteiger partial charge < -0.3 is 15.7 Å². The van der Waals surface area contributed by atoms with Gasteiger partial charge in [-0.15, -0.1) is 0 Å². The third-order valence-electron chi connectivity index (χ3n) is 2.67. The number of benzene rings is 1. The molecule has 0 aromatic heterocycles. The number of rotatable bonds is 6. The van der Waals surface area contributed by atoms with E-state index in [0.717, 1.165) is 23.1 Å². The van der Waals surface area contributed by atoms with Crippen molar-refractivity contribution in [2.24, 2.45) is 5.73 Å². The van der Waals surface area contributed by atoms with Gasteiger partial charge in [0.25, 0.3) is 6.43 Å². The van der Waals surface area contributed by atoms with E-state index in [4.69, 9.17) is 10.8 Å². The molecule has 0 atom stereocenters. The summed E-state index contributed by atoms with van der Waals surface area (Å²) in [5, 5.41) is 8.86. The SMILES string of the molecule is NC(=S)c1cc(N(CCO)CC(F)F)ccc1C(F)(F)F. The number of nitrogens with zero attached hydrogens (tertiary/aromatic N) is 1. The Balaban J connectivity index is 3.25. The lowest BCUT2D eigenvalue weighted by Crippen LogP contribution is -2.32. The molecule has 9 heteroatoms. The Morgan fingerprint density at radius 2 is 1.95 bits per heavy atom. The van der Waals surface area contributed by atoms with Crippen molar-refractivity contribution in [2.75, 3.05) is 24.6 Å². The zero-order valence-electron chi connectivity index (χ0n) is 10.7. The topological polar surface area (TPSA) is 49.5 Å². The number of alkyl halides is 5. The van der Waals surface area contributed by atoms with E-state index in [-0.39, 0.29) is 12.2 Å². The molecule has 3 nitrogen and oxygen atoms in total. The molecular weight excluding hydrogens is 315 g/mol. The van der Waals surface area contributed by atoms with Crippen molar-refractivity contribution in [2.45, 2.75) is 12.6 Å². The molecule has 0 aliphatic carbocycles. The van der Waals surface area contributed by atoms with Gasteiger partial charge in [-0.3, -0.25) is 0 Å².